The van der Waals surface area contributed by atoms with Crippen molar-refractivity contribution in [3.8, 4) is 23.0 Å². The van der Waals surface area contributed by atoms with Crippen LogP contribution < -0.4 is 31.3 Å². The number of hydrogen-bond donors (Lipinski definition) is 0. The SMILES string of the molecule is CC1(C)OB(c2ccc3c4c2Oc2ccccc2B4c2ccccc2O3)OC1(C)C. The van der Waals surface area contributed by atoms with Crippen LogP contribution in [0.4, 0.5) is 0 Å². The van der Waals surface area contributed by atoms with Gasteiger partial charge in [0.05, 0.1) is 11.2 Å². The van der Waals surface area contributed by atoms with Crippen molar-refractivity contribution in [1.29, 1.82) is 0 Å². The van der Waals surface area contributed by atoms with E-state index in [9.17, 15) is 0 Å². The van der Waals surface area contributed by atoms with Crippen LogP contribution in [0, 0.1) is 0 Å². The summed E-state index contributed by atoms with van der Waals surface area (Å²) in [5, 5.41) is 0. The molecule has 0 bridgehead atoms. The van der Waals surface area contributed by atoms with Crippen molar-refractivity contribution in [3.63, 3.8) is 0 Å². The van der Waals surface area contributed by atoms with Crippen LogP contribution in [0.1, 0.15) is 27.7 Å². The molecule has 1 fully saturated rings. The maximum absolute atomic E-state index is 6.48. The highest BCUT2D eigenvalue weighted by Crippen LogP contribution is 2.39. The van der Waals surface area contributed by atoms with Crippen molar-refractivity contribution in [2.45, 2.75) is 38.9 Å². The van der Waals surface area contributed by atoms with Gasteiger partial charge >= 0.3 is 7.12 Å². The second kappa shape index (κ2) is 5.93. The summed E-state index contributed by atoms with van der Waals surface area (Å²) in [5.41, 5.74) is 3.39. The Kier molecular flexibility index (Phi) is 3.58. The van der Waals surface area contributed by atoms with Gasteiger partial charge in [0.15, 0.2) is 0 Å². The first-order valence-electron chi connectivity index (χ1n) is 10.4. The molecule has 1 saturated heterocycles. The third-order valence-corrected chi connectivity index (χ3v) is 6.87. The molecule has 0 atom stereocenters. The van der Waals surface area contributed by atoms with Gasteiger partial charge in [0.2, 0.25) is 0 Å². The molecule has 4 nitrogen and oxygen atoms in total. The third-order valence-electron chi connectivity index (χ3n) is 6.87. The molecule has 3 aromatic carbocycles. The van der Waals surface area contributed by atoms with Crippen LogP contribution in [0.2, 0.25) is 0 Å². The first kappa shape index (κ1) is 18.1. The lowest BCUT2D eigenvalue weighted by Gasteiger charge is -2.34. The van der Waals surface area contributed by atoms with Gasteiger partial charge in [0, 0.05) is 10.9 Å². The smallest absolute Gasteiger partial charge is 0.459 e. The van der Waals surface area contributed by atoms with Gasteiger partial charge in [-0.25, -0.2) is 0 Å². The molecular weight excluding hydrogens is 374 g/mol. The fourth-order valence-corrected chi connectivity index (χ4v) is 4.56. The second-order valence-electron chi connectivity index (χ2n) is 9.20. The predicted molar refractivity (Wildman–Crippen MR) is 120 cm³/mol. The zero-order chi connectivity index (χ0) is 20.7. The first-order chi connectivity index (χ1) is 14.4. The Morgan fingerprint density at radius 3 is 1.80 bits per heavy atom. The number of ether oxygens (including phenoxy) is 2. The minimum Gasteiger partial charge on any atom is -0.459 e. The van der Waals surface area contributed by atoms with Gasteiger partial charge < -0.3 is 18.8 Å². The molecule has 0 saturated carbocycles. The van der Waals surface area contributed by atoms with Crippen LogP contribution >= 0.6 is 0 Å². The fraction of sp³-hybridized carbons (Fsp3) is 0.250. The van der Waals surface area contributed by atoms with Crippen molar-refractivity contribution >= 4 is 35.7 Å². The Bertz CT molecular complexity index is 1160. The zero-order valence-electron chi connectivity index (χ0n) is 17.6. The van der Waals surface area contributed by atoms with Crippen LogP contribution in [0.25, 0.3) is 0 Å². The van der Waals surface area contributed by atoms with Crippen molar-refractivity contribution in [2.24, 2.45) is 0 Å². The number of hydrogen-bond acceptors (Lipinski definition) is 4. The van der Waals surface area contributed by atoms with E-state index in [4.69, 9.17) is 18.8 Å². The average Bonchev–Trinajstić information content (AvgIpc) is 2.94. The molecule has 3 aromatic rings. The van der Waals surface area contributed by atoms with E-state index in [1.807, 2.05) is 36.4 Å². The molecule has 0 aromatic heterocycles. The molecule has 0 amide bonds. The Morgan fingerprint density at radius 2 is 1.17 bits per heavy atom. The Hall–Kier alpha value is -2.69. The molecule has 0 aliphatic carbocycles. The minimum atomic E-state index is -0.501. The molecule has 0 N–H and O–H groups in total. The van der Waals surface area contributed by atoms with E-state index in [-0.39, 0.29) is 6.71 Å². The standard InChI is InChI=1S/C24H22B2O4/c1-23(2)24(3,4)30-26(29-23)17-13-14-20-21-22(17)28-19-12-8-6-10-16(19)25(21)15-9-5-7-11-18(15)27-20/h5-14H,1-4H3. The first-order valence-corrected chi connectivity index (χ1v) is 10.4. The highest BCUT2D eigenvalue weighted by atomic mass is 16.7. The Morgan fingerprint density at radius 1 is 0.600 bits per heavy atom. The lowest BCUT2D eigenvalue weighted by atomic mass is 9.34. The normalized spacial score (nSPS) is 19.3. The van der Waals surface area contributed by atoms with Crippen molar-refractivity contribution < 1.29 is 18.8 Å². The number of para-hydroxylation sites is 2. The van der Waals surface area contributed by atoms with Crippen LogP contribution in [0.3, 0.4) is 0 Å². The molecule has 30 heavy (non-hydrogen) atoms. The monoisotopic (exact) mass is 396 g/mol. The molecule has 148 valence electrons. The molecular formula is C24H22B2O4. The van der Waals surface area contributed by atoms with E-state index in [0.717, 1.165) is 44.8 Å². The summed E-state index contributed by atoms with van der Waals surface area (Å²) in [5.74, 6) is 3.36. The van der Waals surface area contributed by atoms with Crippen LogP contribution in [0.15, 0.2) is 60.7 Å². The second-order valence-corrected chi connectivity index (χ2v) is 9.20. The summed E-state index contributed by atoms with van der Waals surface area (Å²) in [6.45, 7) is 8.31. The van der Waals surface area contributed by atoms with Crippen LogP contribution in [0.5, 0.6) is 23.0 Å². The summed E-state index contributed by atoms with van der Waals surface area (Å²) in [7, 11) is -0.501. The quantitative estimate of drug-likeness (QED) is 0.409. The minimum absolute atomic E-state index is 0.0484. The summed E-state index contributed by atoms with van der Waals surface area (Å²) in [6.07, 6.45) is 0. The lowest BCUT2D eigenvalue weighted by molar-refractivity contribution is 0.00578. The maximum Gasteiger partial charge on any atom is 0.498 e. The highest BCUT2D eigenvalue weighted by Gasteiger charge is 2.53. The summed E-state index contributed by atoms with van der Waals surface area (Å²) >= 11 is 0. The van der Waals surface area contributed by atoms with Gasteiger partial charge in [0.25, 0.3) is 6.71 Å². The van der Waals surface area contributed by atoms with E-state index in [2.05, 4.69) is 52.0 Å². The van der Waals surface area contributed by atoms with Crippen LogP contribution in [-0.2, 0) is 9.31 Å². The van der Waals surface area contributed by atoms with Gasteiger partial charge in [-0.3, -0.25) is 0 Å². The molecule has 3 aliphatic rings. The van der Waals surface area contributed by atoms with E-state index in [1.165, 1.54) is 0 Å². The zero-order valence-corrected chi connectivity index (χ0v) is 17.6. The van der Waals surface area contributed by atoms with E-state index in [0.29, 0.717) is 0 Å². The summed E-state index contributed by atoms with van der Waals surface area (Å²) in [4.78, 5) is 0. The number of benzene rings is 3. The maximum atomic E-state index is 6.48. The molecule has 3 aliphatic heterocycles. The van der Waals surface area contributed by atoms with Crippen LogP contribution in [-0.4, -0.2) is 25.0 Å². The van der Waals surface area contributed by atoms with Gasteiger partial charge in [0.1, 0.15) is 23.0 Å². The van der Waals surface area contributed by atoms with Gasteiger partial charge in [-0.15, -0.1) is 0 Å². The lowest BCUT2D eigenvalue weighted by Crippen LogP contribution is -2.59. The van der Waals surface area contributed by atoms with E-state index in [1.54, 1.807) is 0 Å². The fourth-order valence-electron chi connectivity index (χ4n) is 4.56. The van der Waals surface area contributed by atoms with E-state index < -0.39 is 18.3 Å². The van der Waals surface area contributed by atoms with Crippen molar-refractivity contribution in [3.05, 3.63) is 60.7 Å². The predicted octanol–water partition coefficient (Wildman–Crippen LogP) is 2.71. The van der Waals surface area contributed by atoms with E-state index >= 15 is 0 Å². The van der Waals surface area contributed by atoms with Gasteiger partial charge in [-0.05, 0) is 56.8 Å². The molecule has 0 unspecified atom stereocenters. The Labute approximate surface area is 177 Å². The molecule has 6 rings (SSSR count). The van der Waals surface area contributed by atoms with Gasteiger partial charge in [-0.1, -0.05) is 42.5 Å². The number of rotatable bonds is 1. The highest BCUT2D eigenvalue weighted by molar-refractivity contribution is 6.98. The number of fused-ring (bicyclic) bond motifs is 4. The molecule has 6 heteroatoms. The largest absolute Gasteiger partial charge is 0.498 e. The summed E-state index contributed by atoms with van der Waals surface area (Å²) in [6, 6.07) is 20.5. The molecule has 0 spiro atoms. The van der Waals surface area contributed by atoms with Crippen molar-refractivity contribution in [2.75, 3.05) is 0 Å². The van der Waals surface area contributed by atoms with Crippen molar-refractivity contribution in [1.82, 2.24) is 0 Å². The topological polar surface area (TPSA) is 36.9 Å². The average molecular weight is 396 g/mol. The Balaban J connectivity index is 1.57. The summed E-state index contributed by atoms with van der Waals surface area (Å²) < 4.78 is 25.5. The molecule has 3 heterocycles. The third kappa shape index (κ3) is 2.38. The van der Waals surface area contributed by atoms with Gasteiger partial charge in [-0.2, -0.15) is 0 Å². The molecule has 0 radical (unpaired) electrons.